The molecular formula is C14H25N3O. The minimum Gasteiger partial charge on any atom is -0.377 e. The molecule has 0 aliphatic rings. The smallest absolute Gasteiger partial charge is 0.154 e. The average molecular weight is 251 g/mol. The van der Waals surface area contributed by atoms with E-state index in [4.69, 9.17) is 4.74 Å². The van der Waals surface area contributed by atoms with Gasteiger partial charge < -0.3 is 10.1 Å². The summed E-state index contributed by atoms with van der Waals surface area (Å²) in [7, 11) is 1.66. The Hall–Kier alpha value is -1.00. The molecule has 102 valence electrons. The Morgan fingerprint density at radius 3 is 2.11 bits per heavy atom. The average Bonchev–Trinajstić information content (AvgIpc) is 2.25. The quantitative estimate of drug-likeness (QED) is 0.843. The van der Waals surface area contributed by atoms with Crippen molar-refractivity contribution in [1.82, 2.24) is 15.3 Å². The summed E-state index contributed by atoms with van der Waals surface area (Å²) in [6, 6.07) is 0.502. The zero-order valence-electron chi connectivity index (χ0n) is 12.4. The van der Waals surface area contributed by atoms with Crippen LogP contribution in [0.4, 0.5) is 0 Å². The number of aryl methyl sites for hydroxylation is 2. The molecule has 4 nitrogen and oxygen atoms in total. The first-order chi connectivity index (χ1) is 8.45. The highest BCUT2D eigenvalue weighted by molar-refractivity contribution is 5.28. The third-order valence-electron chi connectivity index (χ3n) is 2.97. The molecule has 1 rings (SSSR count). The minimum absolute atomic E-state index is 0.420. The van der Waals surface area contributed by atoms with E-state index >= 15 is 0 Å². The second kappa shape index (κ2) is 6.81. The Kier molecular flexibility index (Phi) is 5.69. The fourth-order valence-corrected chi connectivity index (χ4v) is 2.22. The third kappa shape index (κ3) is 4.03. The van der Waals surface area contributed by atoms with Crippen LogP contribution < -0.4 is 5.32 Å². The van der Waals surface area contributed by atoms with Gasteiger partial charge in [0.2, 0.25) is 0 Å². The first-order valence-corrected chi connectivity index (χ1v) is 6.52. The van der Waals surface area contributed by atoms with E-state index in [0.717, 1.165) is 23.8 Å². The van der Waals surface area contributed by atoms with Crippen LogP contribution in [0, 0.1) is 13.8 Å². The molecule has 0 fully saturated rings. The summed E-state index contributed by atoms with van der Waals surface area (Å²) in [5, 5.41) is 3.46. The zero-order valence-corrected chi connectivity index (χ0v) is 12.4. The molecule has 0 aliphatic carbocycles. The van der Waals surface area contributed by atoms with E-state index in [0.29, 0.717) is 18.6 Å². The predicted molar refractivity (Wildman–Crippen MR) is 73.8 cm³/mol. The van der Waals surface area contributed by atoms with Crippen LogP contribution in [0.2, 0.25) is 0 Å². The lowest BCUT2D eigenvalue weighted by atomic mass is 9.97. The number of hydrogen-bond acceptors (Lipinski definition) is 4. The van der Waals surface area contributed by atoms with Crippen LogP contribution in [0.15, 0.2) is 0 Å². The maximum absolute atomic E-state index is 5.08. The Bertz CT molecular complexity index is 368. The molecule has 0 spiro atoms. The number of aromatic nitrogens is 2. The van der Waals surface area contributed by atoms with E-state index in [1.54, 1.807) is 7.11 Å². The molecular weight excluding hydrogens is 226 g/mol. The number of nitrogens with zero attached hydrogens (tertiary/aromatic N) is 2. The Morgan fingerprint density at radius 1 is 1.11 bits per heavy atom. The molecule has 0 saturated heterocycles. The minimum atomic E-state index is 0.420. The van der Waals surface area contributed by atoms with Crippen LogP contribution >= 0.6 is 0 Å². The van der Waals surface area contributed by atoms with Crippen molar-refractivity contribution in [2.75, 3.05) is 13.7 Å². The Balaban J connectivity index is 2.88. The summed E-state index contributed by atoms with van der Waals surface area (Å²) in [6.07, 6.45) is 0. The van der Waals surface area contributed by atoms with Crippen molar-refractivity contribution in [3.8, 4) is 0 Å². The van der Waals surface area contributed by atoms with Gasteiger partial charge >= 0.3 is 0 Å². The zero-order chi connectivity index (χ0) is 13.7. The number of hydrogen-bond donors (Lipinski definition) is 1. The monoisotopic (exact) mass is 251 g/mol. The highest BCUT2D eigenvalue weighted by Crippen LogP contribution is 2.21. The van der Waals surface area contributed by atoms with E-state index in [-0.39, 0.29) is 0 Å². The Labute approximate surface area is 110 Å². The van der Waals surface area contributed by atoms with E-state index in [9.17, 15) is 0 Å². The van der Waals surface area contributed by atoms with Crippen molar-refractivity contribution in [3.05, 3.63) is 22.8 Å². The number of ether oxygens (including phenoxy) is 1. The Morgan fingerprint density at radius 2 is 1.67 bits per heavy atom. The molecule has 1 atom stereocenters. The van der Waals surface area contributed by atoms with E-state index in [1.165, 1.54) is 5.56 Å². The lowest BCUT2D eigenvalue weighted by Gasteiger charge is -2.19. The van der Waals surface area contributed by atoms with Crippen molar-refractivity contribution in [2.24, 2.45) is 0 Å². The molecule has 0 saturated carbocycles. The standard InChI is InChI=1S/C14H25N3O/c1-9(2)15-7-10(3)14-11(4)16-13(8-18-6)17-12(14)5/h9-10,15H,7-8H2,1-6H3. The normalized spacial score (nSPS) is 13.1. The second-order valence-corrected chi connectivity index (χ2v) is 5.12. The van der Waals surface area contributed by atoms with Gasteiger partial charge in [0, 0.05) is 31.1 Å². The molecule has 0 amide bonds. The van der Waals surface area contributed by atoms with Gasteiger partial charge in [-0.1, -0.05) is 20.8 Å². The van der Waals surface area contributed by atoms with Crippen LogP contribution in [-0.4, -0.2) is 29.7 Å². The van der Waals surface area contributed by atoms with Gasteiger partial charge in [-0.05, 0) is 25.3 Å². The third-order valence-corrected chi connectivity index (χ3v) is 2.97. The first-order valence-electron chi connectivity index (χ1n) is 6.52. The molecule has 0 aromatic carbocycles. The lowest BCUT2D eigenvalue weighted by Crippen LogP contribution is -2.28. The SMILES string of the molecule is COCc1nc(C)c(C(C)CNC(C)C)c(C)n1. The van der Waals surface area contributed by atoms with Gasteiger partial charge in [-0.15, -0.1) is 0 Å². The van der Waals surface area contributed by atoms with E-state index < -0.39 is 0 Å². The lowest BCUT2D eigenvalue weighted by molar-refractivity contribution is 0.177. The molecule has 1 N–H and O–H groups in total. The van der Waals surface area contributed by atoms with Gasteiger partial charge in [0.1, 0.15) is 6.61 Å². The number of rotatable bonds is 6. The predicted octanol–water partition coefficient (Wildman–Crippen LogP) is 2.34. The summed E-state index contributed by atoms with van der Waals surface area (Å²) in [6.45, 7) is 12.1. The van der Waals surface area contributed by atoms with Crippen LogP contribution in [0.3, 0.4) is 0 Å². The molecule has 1 unspecified atom stereocenters. The van der Waals surface area contributed by atoms with Gasteiger partial charge in [0.05, 0.1) is 0 Å². The van der Waals surface area contributed by atoms with Crippen molar-refractivity contribution in [2.45, 2.75) is 53.2 Å². The first kappa shape index (κ1) is 15.1. The van der Waals surface area contributed by atoms with Gasteiger partial charge in [0.25, 0.3) is 0 Å². The van der Waals surface area contributed by atoms with Crippen molar-refractivity contribution >= 4 is 0 Å². The van der Waals surface area contributed by atoms with E-state index in [2.05, 4.69) is 49.9 Å². The van der Waals surface area contributed by atoms with Crippen LogP contribution in [0.1, 0.15) is 49.5 Å². The largest absolute Gasteiger partial charge is 0.377 e. The van der Waals surface area contributed by atoms with Crippen LogP contribution in [0.25, 0.3) is 0 Å². The summed E-state index contributed by atoms with van der Waals surface area (Å²) in [4.78, 5) is 9.02. The second-order valence-electron chi connectivity index (χ2n) is 5.12. The molecule has 0 aliphatic heterocycles. The van der Waals surface area contributed by atoms with Crippen LogP contribution in [-0.2, 0) is 11.3 Å². The highest BCUT2D eigenvalue weighted by Gasteiger charge is 2.15. The molecule has 4 heteroatoms. The van der Waals surface area contributed by atoms with Crippen molar-refractivity contribution in [1.29, 1.82) is 0 Å². The number of methoxy groups -OCH3 is 1. The number of nitrogens with one attached hydrogen (secondary N) is 1. The summed E-state index contributed by atoms with van der Waals surface area (Å²) in [5.41, 5.74) is 3.38. The van der Waals surface area contributed by atoms with E-state index in [1.807, 2.05) is 0 Å². The fraction of sp³-hybridized carbons (Fsp3) is 0.714. The summed E-state index contributed by atoms with van der Waals surface area (Å²) < 4.78 is 5.08. The fourth-order valence-electron chi connectivity index (χ4n) is 2.22. The van der Waals surface area contributed by atoms with Crippen LogP contribution in [0.5, 0.6) is 0 Å². The molecule has 18 heavy (non-hydrogen) atoms. The maximum Gasteiger partial charge on any atom is 0.154 e. The van der Waals surface area contributed by atoms with Crippen molar-refractivity contribution < 1.29 is 4.74 Å². The molecule has 1 aromatic rings. The van der Waals surface area contributed by atoms with Gasteiger partial charge in [-0.2, -0.15) is 0 Å². The topological polar surface area (TPSA) is 47.0 Å². The highest BCUT2D eigenvalue weighted by atomic mass is 16.5. The summed E-state index contributed by atoms with van der Waals surface area (Å²) in [5.74, 6) is 1.18. The summed E-state index contributed by atoms with van der Waals surface area (Å²) >= 11 is 0. The van der Waals surface area contributed by atoms with Gasteiger partial charge in [0.15, 0.2) is 5.82 Å². The molecule has 1 aromatic heterocycles. The van der Waals surface area contributed by atoms with Crippen molar-refractivity contribution in [3.63, 3.8) is 0 Å². The maximum atomic E-state index is 5.08. The van der Waals surface area contributed by atoms with Gasteiger partial charge in [-0.25, -0.2) is 9.97 Å². The molecule has 1 heterocycles. The van der Waals surface area contributed by atoms with Gasteiger partial charge in [-0.3, -0.25) is 0 Å². The molecule has 0 bridgehead atoms. The molecule has 0 radical (unpaired) electrons.